The molecule has 2 rings (SSSR count). The Labute approximate surface area is 114 Å². The van der Waals surface area contributed by atoms with Gasteiger partial charge in [-0.2, -0.15) is 0 Å². The van der Waals surface area contributed by atoms with Gasteiger partial charge in [0.25, 0.3) is 0 Å². The summed E-state index contributed by atoms with van der Waals surface area (Å²) in [6.07, 6.45) is 2.06. The van der Waals surface area contributed by atoms with Crippen LogP contribution in [0.1, 0.15) is 56.3 Å². The van der Waals surface area contributed by atoms with Crippen molar-refractivity contribution in [1.29, 1.82) is 0 Å². The van der Waals surface area contributed by atoms with Crippen molar-refractivity contribution in [3.63, 3.8) is 0 Å². The van der Waals surface area contributed by atoms with Crippen LogP contribution in [0.15, 0.2) is 6.07 Å². The minimum Gasteiger partial charge on any atom is -0.310 e. The lowest BCUT2D eigenvalue weighted by Crippen LogP contribution is -2.22. The first-order valence-electron chi connectivity index (χ1n) is 6.61. The predicted molar refractivity (Wildman–Crippen MR) is 74.8 cm³/mol. The molecule has 1 aromatic carbocycles. The predicted octanol–water partition coefficient (Wildman–Crippen LogP) is 4.51. The van der Waals surface area contributed by atoms with Crippen molar-refractivity contribution < 1.29 is 4.39 Å². The van der Waals surface area contributed by atoms with Crippen LogP contribution in [0.3, 0.4) is 0 Å². The summed E-state index contributed by atoms with van der Waals surface area (Å²) in [5, 5.41) is 4.08. The van der Waals surface area contributed by atoms with Crippen molar-refractivity contribution in [3.8, 4) is 0 Å². The quantitative estimate of drug-likeness (QED) is 0.851. The number of rotatable bonds is 3. The molecule has 0 aliphatic heterocycles. The molecule has 0 saturated carbocycles. The molecule has 1 unspecified atom stereocenters. The van der Waals surface area contributed by atoms with Gasteiger partial charge in [0.2, 0.25) is 0 Å². The highest BCUT2D eigenvalue weighted by Gasteiger charge is 2.40. The maximum atomic E-state index is 13.9. The largest absolute Gasteiger partial charge is 0.310 e. The van der Waals surface area contributed by atoms with Gasteiger partial charge in [0.05, 0.1) is 0 Å². The summed E-state index contributed by atoms with van der Waals surface area (Å²) in [7, 11) is 0. The van der Waals surface area contributed by atoms with E-state index in [1.54, 1.807) is 0 Å². The zero-order valence-corrected chi connectivity index (χ0v) is 12.3. The monoisotopic (exact) mass is 269 g/mol. The molecular formula is C15H21ClFN. The molecule has 1 atom stereocenters. The van der Waals surface area contributed by atoms with E-state index in [1.165, 1.54) is 6.07 Å². The lowest BCUT2D eigenvalue weighted by atomic mass is 9.86. The van der Waals surface area contributed by atoms with Gasteiger partial charge >= 0.3 is 0 Å². The molecule has 1 N–H and O–H groups in total. The summed E-state index contributed by atoms with van der Waals surface area (Å²) in [6.45, 7) is 9.31. The molecule has 1 aromatic rings. The van der Waals surface area contributed by atoms with Gasteiger partial charge in [-0.1, -0.05) is 32.4 Å². The third-order valence-corrected chi connectivity index (χ3v) is 4.20. The third kappa shape index (κ3) is 2.17. The van der Waals surface area contributed by atoms with Crippen molar-refractivity contribution in [2.24, 2.45) is 0 Å². The second-order valence-corrected chi connectivity index (χ2v) is 6.26. The standard InChI is InChI=1S/C15H21ClFN/c1-5-6-18-12-8-15(3,4)14-10(16)7-11(17)9(2)13(12)14/h7,12,18H,5-6,8H2,1-4H3. The third-order valence-electron chi connectivity index (χ3n) is 3.90. The molecule has 0 amide bonds. The Hall–Kier alpha value is -0.600. The van der Waals surface area contributed by atoms with E-state index < -0.39 is 0 Å². The van der Waals surface area contributed by atoms with Gasteiger partial charge in [-0.3, -0.25) is 0 Å². The molecule has 3 heteroatoms. The fraction of sp³-hybridized carbons (Fsp3) is 0.600. The normalized spacial score (nSPS) is 21.1. The van der Waals surface area contributed by atoms with Crippen LogP contribution in [-0.4, -0.2) is 6.54 Å². The van der Waals surface area contributed by atoms with E-state index in [4.69, 9.17) is 11.6 Å². The van der Waals surface area contributed by atoms with Crippen molar-refractivity contribution in [2.45, 2.75) is 52.0 Å². The van der Waals surface area contributed by atoms with Crippen LogP contribution >= 0.6 is 11.6 Å². The van der Waals surface area contributed by atoms with E-state index in [9.17, 15) is 4.39 Å². The summed E-state index contributed by atoms with van der Waals surface area (Å²) in [6, 6.07) is 1.68. The van der Waals surface area contributed by atoms with Gasteiger partial charge in [-0.05, 0) is 54.5 Å². The summed E-state index contributed by atoms with van der Waals surface area (Å²) in [5.74, 6) is -0.195. The number of fused-ring (bicyclic) bond motifs is 1. The Morgan fingerprint density at radius 1 is 1.50 bits per heavy atom. The lowest BCUT2D eigenvalue weighted by Gasteiger charge is -2.20. The maximum absolute atomic E-state index is 13.9. The molecule has 0 heterocycles. The zero-order valence-electron chi connectivity index (χ0n) is 11.5. The Balaban J connectivity index is 2.53. The molecular weight excluding hydrogens is 249 g/mol. The molecule has 1 aliphatic rings. The number of hydrogen-bond acceptors (Lipinski definition) is 1. The Morgan fingerprint density at radius 3 is 2.78 bits per heavy atom. The summed E-state index contributed by atoms with van der Waals surface area (Å²) in [5.41, 5.74) is 2.96. The van der Waals surface area contributed by atoms with E-state index in [1.807, 2.05) is 6.92 Å². The fourth-order valence-electron chi connectivity index (χ4n) is 3.07. The molecule has 0 bridgehead atoms. The number of hydrogen-bond donors (Lipinski definition) is 1. The Bertz CT molecular complexity index is 468. The van der Waals surface area contributed by atoms with E-state index >= 15 is 0 Å². The van der Waals surface area contributed by atoms with Crippen molar-refractivity contribution in [3.05, 3.63) is 33.6 Å². The van der Waals surface area contributed by atoms with Crippen LogP contribution in [-0.2, 0) is 5.41 Å². The maximum Gasteiger partial charge on any atom is 0.127 e. The van der Waals surface area contributed by atoms with Gasteiger partial charge in [0.1, 0.15) is 5.82 Å². The molecule has 0 fully saturated rings. The van der Waals surface area contributed by atoms with Crippen LogP contribution in [0.4, 0.5) is 4.39 Å². The highest BCUT2D eigenvalue weighted by atomic mass is 35.5. The molecule has 100 valence electrons. The lowest BCUT2D eigenvalue weighted by molar-refractivity contribution is 0.427. The molecule has 0 saturated heterocycles. The zero-order chi connectivity index (χ0) is 13.5. The van der Waals surface area contributed by atoms with Crippen molar-refractivity contribution >= 4 is 11.6 Å². The highest BCUT2D eigenvalue weighted by molar-refractivity contribution is 6.31. The van der Waals surface area contributed by atoms with Gasteiger partial charge in [-0.25, -0.2) is 4.39 Å². The summed E-state index contributed by atoms with van der Waals surface area (Å²) >= 11 is 6.26. The first-order valence-corrected chi connectivity index (χ1v) is 6.98. The second kappa shape index (κ2) is 4.82. The van der Waals surface area contributed by atoms with E-state index in [0.717, 1.165) is 36.1 Å². The van der Waals surface area contributed by atoms with Crippen molar-refractivity contribution in [2.75, 3.05) is 6.54 Å². The first kappa shape index (κ1) is 13.8. The van der Waals surface area contributed by atoms with Crippen molar-refractivity contribution in [1.82, 2.24) is 5.32 Å². The molecule has 0 radical (unpaired) electrons. The fourth-order valence-corrected chi connectivity index (χ4v) is 3.52. The SMILES string of the molecule is CCCNC1CC(C)(C)c2c(Cl)cc(F)c(C)c21. The van der Waals surface area contributed by atoms with Gasteiger partial charge in [-0.15, -0.1) is 0 Å². The van der Waals surface area contributed by atoms with Crippen LogP contribution < -0.4 is 5.32 Å². The molecule has 1 aliphatic carbocycles. The van der Waals surface area contributed by atoms with Gasteiger partial charge in [0.15, 0.2) is 0 Å². The topological polar surface area (TPSA) is 12.0 Å². The Kier molecular flexibility index (Phi) is 3.70. The molecule has 0 aromatic heterocycles. The van der Waals surface area contributed by atoms with Gasteiger partial charge in [0, 0.05) is 11.1 Å². The minimum absolute atomic E-state index is 0.0102. The first-order chi connectivity index (χ1) is 8.38. The number of halogens is 2. The van der Waals surface area contributed by atoms with Crippen LogP contribution in [0, 0.1) is 12.7 Å². The van der Waals surface area contributed by atoms with Crippen LogP contribution in [0.25, 0.3) is 0 Å². The second-order valence-electron chi connectivity index (χ2n) is 5.85. The minimum atomic E-state index is -0.195. The highest BCUT2D eigenvalue weighted by Crippen LogP contribution is 2.49. The summed E-state index contributed by atoms with van der Waals surface area (Å²) in [4.78, 5) is 0. The average molecular weight is 270 g/mol. The smallest absolute Gasteiger partial charge is 0.127 e. The number of nitrogens with one attached hydrogen (secondary N) is 1. The van der Waals surface area contributed by atoms with E-state index in [0.29, 0.717) is 5.02 Å². The number of benzene rings is 1. The molecule has 0 spiro atoms. The van der Waals surface area contributed by atoms with E-state index in [-0.39, 0.29) is 17.3 Å². The average Bonchev–Trinajstić information content (AvgIpc) is 2.55. The summed E-state index contributed by atoms with van der Waals surface area (Å²) < 4.78 is 13.9. The Morgan fingerprint density at radius 2 is 2.17 bits per heavy atom. The van der Waals surface area contributed by atoms with E-state index in [2.05, 4.69) is 26.1 Å². The van der Waals surface area contributed by atoms with Crippen LogP contribution in [0.2, 0.25) is 5.02 Å². The van der Waals surface area contributed by atoms with Gasteiger partial charge < -0.3 is 5.32 Å². The molecule has 18 heavy (non-hydrogen) atoms. The molecule has 1 nitrogen and oxygen atoms in total. The van der Waals surface area contributed by atoms with Crippen LogP contribution in [0.5, 0.6) is 0 Å².